The lowest BCUT2D eigenvalue weighted by molar-refractivity contribution is 0.470. The molecule has 0 bridgehead atoms. The van der Waals surface area contributed by atoms with Crippen molar-refractivity contribution in [3.63, 3.8) is 0 Å². The highest BCUT2D eigenvalue weighted by atomic mass is 16.3. The third-order valence-corrected chi connectivity index (χ3v) is 2.66. The van der Waals surface area contributed by atoms with Crippen LogP contribution in [0.25, 0.3) is 11.1 Å². The number of aromatic hydroxyl groups is 2. The number of phenols is 2. The van der Waals surface area contributed by atoms with Gasteiger partial charge in [0.2, 0.25) is 0 Å². The summed E-state index contributed by atoms with van der Waals surface area (Å²) in [5.41, 5.74) is 3.52. The fraction of sp³-hybridized carbons (Fsp3) is 0.143. The van der Waals surface area contributed by atoms with E-state index in [0.717, 1.165) is 22.3 Å². The molecule has 16 heavy (non-hydrogen) atoms. The molecule has 0 aliphatic carbocycles. The predicted octanol–water partition coefficient (Wildman–Crippen LogP) is 3.38. The van der Waals surface area contributed by atoms with Gasteiger partial charge in [-0.2, -0.15) is 0 Å². The number of benzene rings is 2. The van der Waals surface area contributed by atoms with Gasteiger partial charge in [0.1, 0.15) is 11.5 Å². The van der Waals surface area contributed by atoms with Crippen LogP contribution < -0.4 is 0 Å². The quantitative estimate of drug-likeness (QED) is 0.764. The van der Waals surface area contributed by atoms with Crippen molar-refractivity contribution in [1.29, 1.82) is 0 Å². The molecule has 0 saturated carbocycles. The number of hydrogen-bond acceptors (Lipinski definition) is 2. The maximum atomic E-state index is 9.84. The molecule has 0 radical (unpaired) electrons. The zero-order valence-corrected chi connectivity index (χ0v) is 9.36. The van der Waals surface area contributed by atoms with Crippen LogP contribution in [0.1, 0.15) is 11.1 Å². The summed E-state index contributed by atoms with van der Waals surface area (Å²) in [4.78, 5) is 0. The summed E-state index contributed by atoms with van der Waals surface area (Å²) in [6, 6.07) is 10.9. The Morgan fingerprint density at radius 2 is 1.56 bits per heavy atom. The summed E-state index contributed by atoms with van der Waals surface area (Å²) in [5, 5.41) is 19.3. The first-order chi connectivity index (χ1) is 7.58. The minimum Gasteiger partial charge on any atom is -0.508 e. The molecule has 2 heteroatoms. The van der Waals surface area contributed by atoms with Crippen molar-refractivity contribution in [2.75, 3.05) is 0 Å². The van der Waals surface area contributed by atoms with E-state index in [-0.39, 0.29) is 11.5 Å². The maximum absolute atomic E-state index is 9.84. The zero-order chi connectivity index (χ0) is 11.7. The SMILES string of the molecule is Cc1ccc(-c2ccc(O)c(C)c2)c(O)c1. The summed E-state index contributed by atoms with van der Waals surface area (Å²) in [5.74, 6) is 0.542. The lowest BCUT2D eigenvalue weighted by atomic mass is 10.0. The van der Waals surface area contributed by atoms with Crippen LogP contribution in [0.2, 0.25) is 0 Å². The van der Waals surface area contributed by atoms with Crippen LogP contribution >= 0.6 is 0 Å². The van der Waals surface area contributed by atoms with E-state index in [0.29, 0.717) is 0 Å². The van der Waals surface area contributed by atoms with E-state index in [1.807, 2.05) is 32.0 Å². The molecular weight excluding hydrogens is 200 g/mol. The molecule has 0 saturated heterocycles. The molecule has 2 aromatic carbocycles. The van der Waals surface area contributed by atoms with Crippen molar-refractivity contribution in [2.45, 2.75) is 13.8 Å². The van der Waals surface area contributed by atoms with Crippen LogP contribution in [0.4, 0.5) is 0 Å². The predicted molar refractivity (Wildman–Crippen MR) is 64.7 cm³/mol. The first kappa shape index (κ1) is 10.6. The molecule has 0 heterocycles. The van der Waals surface area contributed by atoms with Crippen LogP contribution in [0.5, 0.6) is 11.5 Å². The standard InChI is InChI=1S/C14H14O2/c1-9-3-5-12(14(16)7-9)11-4-6-13(15)10(2)8-11/h3-8,15-16H,1-2H3. The Hall–Kier alpha value is -1.96. The Bertz CT molecular complexity index is 530. The maximum Gasteiger partial charge on any atom is 0.123 e. The van der Waals surface area contributed by atoms with Gasteiger partial charge in [0, 0.05) is 5.56 Å². The van der Waals surface area contributed by atoms with Crippen molar-refractivity contribution in [3.05, 3.63) is 47.5 Å². The van der Waals surface area contributed by atoms with Crippen LogP contribution in [0.3, 0.4) is 0 Å². The van der Waals surface area contributed by atoms with Crippen LogP contribution in [-0.4, -0.2) is 10.2 Å². The average molecular weight is 214 g/mol. The van der Waals surface area contributed by atoms with Crippen molar-refractivity contribution in [2.24, 2.45) is 0 Å². The van der Waals surface area contributed by atoms with Crippen molar-refractivity contribution in [1.82, 2.24) is 0 Å². The van der Waals surface area contributed by atoms with E-state index >= 15 is 0 Å². The van der Waals surface area contributed by atoms with Crippen molar-refractivity contribution >= 4 is 0 Å². The van der Waals surface area contributed by atoms with E-state index in [1.54, 1.807) is 18.2 Å². The van der Waals surface area contributed by atoms with Gasteiger partial charge in [-0.15, -0.1) is 0 Å². The highest BCUT2D eigenvalue weighted by Gasteiger charge is 2.05. The van der Waals surface area contributed by atoms with Crippen LogP contribution in [-0.2, 0) is 0 Å². The molecule has 0 aromatic heterocycles. The molecule has 0 atom stereocenters. The highest BCUT2D eigenvalue weighted by Crippen LogP contribution is 2.32. The Labute approximate surface area is 94.8 Å². The Morgan fingerprint density at radius 1 is 0.812 bits per heavy atom. The molecule has 0 unspecified atom stereocenters. The summed E-state index contributed by atoms with van der Waals surface area (Å²) in [6.07, 6.45) is 0. The second kappa shape index (κ2) is 3.89. The van der Waals surface area contributed by atoms with Crippen LogP contribution in [0, 0.1) is 13.8 Å². The van der Waals surface area contributed by atoms with E-state index in [4.69, 9.17) is 0 Å². The largest absolute Gasteiger partial charge is 0.508 e. The minimum absolute atomic E-state index is 0.269. The van der Waals surface area contributed by atoms with Gasteiger partial charge in [-0.3, -0.25) is 0 Å². The third kappa shape index (κ3) is 1.87. The zero-order valence-electron chi connectivity index (χ0n) is 9.36. The summed E-state index contributed by atoms with van der Waals surface area (Å²) >= 11 is 0. The van der Waals surface area contributed by atoms with Gasteiger partial charge in [-0.25, -0.2) is 0 Å². The molecule has 2 aromatic rings. The van der Waals surface area contributed by atoms with E-state index in [1.165, 1.54) is 0 Å². The third-order valence-electron chi connectivity index (χ3n) is 2.66. The Morgan fingerprint density at radius 3 is 2.19 bits per heavy atom. The molecular formula is C14H14O2. The molecule has 0 aliphatic rings. The summed E-state index contributed by atoms with van der Waals surface area (Å²) in [7, 11) is 0. The fourth-order valence-electron chi connectivity index (χ4n) is 1.71. The van der Waals surface area contributed by atoms with Gasteiger partial charge >= 0.3 is 0 Å². The number of hydrogen-bond donors (Lipinski definition) is 2. The molecule has 0 fully saturated rings. The second-order valence-corrected chi connectivity index (χ2v) is 4.02. The number of rotatable bonds is 1. The smallest absolute Gasteiger partial charge is 0.123 e. The molecule has 0 amide bonds. The molecule has 0 aliphatic heterocycles. The molecule has 2 N–H and O–H groups in total. The second-order valence-electron chi connectivity index (χ2n) is 4.02. The highest BCUT2D eigenvalue weighted by molar-refractivity contribution is 5.71. The molecule has 0 spiro atoms. The first-order valence-corrected chi connectivity index (χ1v) is 5.17. The lowest BCUT2D eigenvalue weighted by Crippen LogP contribution is -1.82. The van der Waals surface area contributed by atoms with E-state index < -0.39 is 0 Å². The monoisotopic (exact) mass is 214 g/mol. The molecule has 2 nitrogen and oxygen atoms in total. The summed E-state index contributed by atoms with van der Waals surface area (Å²) < 4.78 is 0. The molecule has 82 valence electrons. The first-order valence-electron chi connectivity index (χ1n) is 5.17. The van der Waals surface area contributed by atoms with Crippen molar-refractivity contribution in [3.8, 4) is 22.6 Å². The Balaban J connectivity index is 2.54. The number of aryl methyl sites for hydroxylation is 2. The normalized spacial score (nSPS) is 10.4. The van der Waals surface area contributed by atoms with E-state index in [9.17, 15) is 10.2 Å². The van der Waals surface area contributed by atoms with Crippen LogP contribution in [0.15, 0.2) is 36.4 Å². The summed E-state index contributed by atoms with van der Waals surface area (Å²) in [6.45, 7) is 3.77. The van der Waals surface area contributed by atoms with Gasteiger partial charge in [0.15, 0.2) is 0 Å². The van der Waals surface area contributed by atoms with Gasteiger partial charge < -0.3 is 10.2 Å². The van der Waals surface area contributed by atoms with Gasteiger partial charge in [-0.05, 0) is 48.7 Å². The fourth-order valence-corrected chi connectivity index (χ4v) is 1.71. The Kier molecular flexibility index (Phi) is 2.57. The molecule has 2 rings (SSSR count). The van der Waals surface area contributed by atoms with Gasteiger partial charge in [-0.1, -0.05) is 18.2 Å². The minimum atomic E-state index is 0.269. The van der Waals surface area contributed by atoms with Crippen molar-refractivity contribution < 1.29 is 10.2 Å². The topological polar surface area (TPSA) is 40.5 Å². The lowest BCUT2D eigenvalue weighted by Gasteiger charge is -2.07. The van der Waals surface area contributed by atoms with Gasteiger partial charge in [0.25, 0.3) is 0 Å². The van der Waals surface area contributed by atoms with Gasteiger partial charge in [0.05, 0.1) is 0 Å². The van der Waals surface area contributed by atoms with E-state index in [2.05, 4.69) is 0 Å². The number of phenolic OH excluding ortho intramolecular Hbond substituents is 2. The average Bonchev–Trinajstić information content (AvgIpc) is 2.22.